The molecule has 2 aromatic rings. The van der Waals surface area contributed by atoms with Gasteiger partial charge in [0, 0.05) is 37.1 Å². The molecule has 0 spiro atoms. The second kappa shape index (κ2) is 7.89. The maximum absolute atomic E-state index is 12.5. The van der Waals surface area contributed by atoms with E-state index in [4.69, 9.17) is 10.5 Å². The number of rotatable bonds is 5. The molecule has 1 unspecified atom stereocenters. The van der Waals surface area contributed by atoms with Crippen LogP contribution in [0.1, 0.15) is 16.2 Å². The van der Waals surface area contributed by atoms with E-state index in [0.717, 1.165) is 5.69 Å². The van der Waals surface area contributed by atoms with Crippen molar-refractivity contribution in [2.24, 2.45) is 11.7 Å². The molecule has 132 valence electrons. The van der Waals surface area contributed by atoms with Gasteiger partial charge in [-0.2, -0.15) is 5.10 Å². The van der Waals surface area contributed by atoms with Crippen LogP contribution >= 0.6 is 0 Å². The summed E-state index contributed by atoms with van der Waals surface area (Å²) < 4.78 is 7.25. The summed E-state index contributed by atoms with van der Waals surface area (Å²) in [7, 11) is 0. The van der Waals surface area contributed by atoms with Crippen LogP contribution in [0.2, 0.25) is 0 Å². The fourth-order valence-electron chi connectivity index (χ4n) is 2.89. The number of aromatic nitrogens is 3. The first-order chi connectivity index (χ1) is 12.1. The highest BCUT2D eigenvalue weighted by Crippen LogP contribution is 2.14. The lowest BCUT2D eigenvalue weighted by atomic mass is 10.0. The van der Waals surface area contributed by atoms with Crippen molar-refractivity contribution in [2.75, 3.05) is 26.3 Å². The molecule has 0 saturated carbocycles. The molecule has 0 aromatic carbocycles. The topological polar surface area (TPSA) is 103 Å². The highest BCUT2D eigenvalue weighted by atomic mass is 16.5. The Morgan fingerprint density at radius 3 is 2.96 bits per heavy atom. The van der Waals surface area contributed by atoms with Crippen LogP contribution < -0.4 is 5.73 Å². The molecule has 2 amide bonds. The van der Waals surface area contributed by atoms with Crippen molar-refractivity contribution in [3.05, 3.63) is 48.0 Å². The molecular weight excluding hydrogens is 322 g/mol. The molecule has 3 rings (SSSR count). The van der Waals surface area contributed by atoms with E-state index >= 15 is 0 Å². The Kier molecular flexibility index (Phi) is 5.39. The molecule has 25 heavy (non-hydrogen) atoms. The molecule has 0 aliphatic carbocycles. The van der Waals surface area contributed by atoms with Crippen molar-refractivity contribution in [1.82, 2.24) is 19.7 Å². The lowest BCUT2D eigenvalue weighted by molar-refractivity contribution is -0.132. The molecule has 1 aliphatic rings. The summed E-state index contributed by atoms with van der Waals surface area (Å²) >= 11 is 0. The van der Waals surface area contributed by atoms with Crippen molar-refractivity contribution >= 4 is 11.8 Å². The van der Waals surface area contributed by atoms with E-state index in [0.29, 0.717) is 32.7 Å². The van der Waals surface area contributed by atoms with Gasteiger partial charge in [0.1, 0.15) is 12.2 Å². The van der Waals surface area contributed by atoms with Crippen LogP contribution in [0.25, 0.3) is 0 Å². The zero-order valence-electron chi connectivity index (χ0n) is 13.9. The first-order valence-corrected chi connectivity index (χ1v) is 8.20. The van der Waals surface area contributed by atoms with E-state index in [-0.39, 0.29) is 24.1 Å². The first kappa shape index (κ1) is 17.1. The molecular formula is C17H21N5O3. The van der Waals surface area contributed by atoms with E-state index in [9.17, 15) is 9.59 Å². The van der Waals surface area contributed by atoms with Crippen molar-refractivity contribution in [2.45, 2.75) is 13.0 Å². The Balaban J connectivity index is 1.64. The number of carbonyl (C=O) groups excluding carboxylic acids is 2. The average molecular weight is 343 g/mol. The lowest BCUT2D eigenvalue weighted by Crippen LogP contribution is -2.38. The third-order valence-electron chi connectivity index (χ3n) is 4.10. The molecule has 8 nitrogen and oxygen atoms in total. The number of ether oxygens (including phenoxy) is 1. The minimum absolute atomic E-state index is 0.0121. The van der Waals surface area contributed by atoms with Gasteiger partial charge in [0.25, 0.3) is 5.91 Å². The van der Waals surface area contributed by atoms with E-state index < -0.39 is 5.91 Å². The normalized spacial score (nSPS) is 17.9. The molecule has 1 saturated heterocycles. The molecule has 1 fully saturated rings. The molecule has 3 heterocycles. The Morgan fingerprint density at radius 2 is 2.20 bits per heavy atom. The standard InChI is InChI=1S/C17H21N5O3/c18-17(24)15-4-1-3-14(20-15)9-13-10-21(7-8-25-12-13)16(23)11-22-6-2-5-19-22/h1-6,13H,7-12H2,(H2,18,24). The SMILES string of the molecule is NC(=O)c1cccc(CC2COCCN(C(=O)Cn3cccn3)C2)n1. The summed E-state index contributed by atoms with van der Waals surface area (Å²) in [6.45, 7) is 2.42. The highest BCUT2D eigenvalue weighted by molar-refractivity contribution is 5.90. The summed E-state index contributed by atoms with van der Waals surface area (Å²) in [5.41, 5.74) is 6.30. The monoisotopic (exact) mass is 343 g/mol. The number of amides is 2. The van der Waals surface area contributed by atoms with Crippen molar-refractivity contribution in [3.8, 4) is 0 Å². The summed E-state index contributed by atoms with van der Waals surface area (Å²) in [5, 5.41) is 4.07. The predicted octanol–water partition coefficient (Wildman–Crippen LogP) is 0.0947. The first-order valence-electron chi connectivity index (χ1n) is 8.20. The smallest absolute Gasteiger partial charge is 0.267 e. The fourth-order valence-corrected chi connectivity index (χ4v) is 2.89. The molecule has 2 aromatic heterocycles. The Morgan fingerprint density at radius 1 is 1.32 bits per heavy atom. The predicted molar refractivity (Wildman–Crippen MR) is 89.6 cm³/mol. The lowest BCUT2D eigenvalue weighted by Gasteiger charge is -2.23. The number of pyridine rings is 1. The Labute approximate surface area is 145 Å². The number of nitrogens with zero attached hydrogens (tertiary/aromatic N) is 4. The van der Waals surface area contributed by atoms with Crippen molar-refractivity contribution in [1.29, 1.82) is 0 Å². The zero-order valence-corrected chi connectivity index (χ0v) is 13.9. The number of hydrogen-bond donors (Lipinski definition) is 1. The second-order valence-corrected chi connectivity index (χ2v) is 6.07. The number of primary amides is 1. The van der Waals surface area contributed by atoms with Gasteiger partial charge in [0.2, 0.25) is 5.91 Å². The maximum Gasteiger partial charge on any atom is 0.267 e. The van der Waals surface area contributed by atoms with Crippen LogP contribution in [-0.4, -0.2) is 57.8 Å². The van der Waals surface area contributed by atoms with Crippen molar-refractivity contribution < 1.29 is 14.3 Å². The average Bonchev–Trinajstić information content (AvgIpc) is 2.99. The van der Waals surface area contributed by atoms with Gasteiger partial charge < -0.3 is 15.4 Å². The van der Waals surface area contributed by atoms with Crippen LogP contribution in [0.4, 0.5) is 0 Å². The maximum atomic E-state index is 12.5. The van der Waals surface area contributed by atoms with Crippen LogP contribution in [-0.2, 0) is 22.5 Å². The van der Waals surface area contributed by atoms with E-state index in [1.54, 1.807) is 40.2 Å². The number of carbonyl (C=O) groups is 2. The van der Waals surface area contributed by atoms with E-state index in [2.05, 4.69) is 10.1 Å². The largest absolute Gasteiger partial charge is 0.379 e. The number of nitrogens with two attached hydrogens (primary N) is 1. The molecule has 8 heteroatoms. The number of hydrogen-bond acceptors (Lipinski definition) is 5. The minimum Gasteiger partial charge on any atom is -0.379 e. The van der Waals surface area contributed by atoms with Gasteiger partial charge in [-0.3, -0.25) is 14.3 Å². The second-order valence-electron chi connectivity index (χ2n) is 6.07. The van der Waals surface area contributed by atoms with Crippen LogP contribution in [0, 0.1) is 5.92 Å². The van der Waals surface area contributed by atoms with Crippen LogP contribution in [0.3, 0.4) is 0 Å². The van der Waals surface area contributed by atoms with Gasteiger partial charge in [-0.1, -0.05) is 6.07 Å². The molecule has 2 N–H and O–H groups in total. The summed E-state index contributed by atoms with van der Waals surface area (Å²) in [5.74, 6) is -0.423. The van der Waals surface area contributed by atoms with Gasteiger partial charge in [-0.15, -0.1) is 0 Å². The van der Waals surface area contributed by atoms with Gasteiger partial charge in [-0.05, 0) is 24.6 Å². The van der Waals surface area contributed by atoms with E-state index in [1.807, 2.05) is 6.07 Å². The zero-order chi connectivity index (χ0) is 17.6. The van der Waals surface area contributed by atoms with Gasteiger partial charge >= 0.3 is 0 Å². The van der Waals surface area contributed by atoms with E-state index in [1.165, 1.54) is 0 Å². The highest BCUT2D eigenvalue weighted by Gasteiger charge is 2.23. The molecule has 0 bridgehead atoms. The fraction of sp³-hybridized carbons (Fsp3) is 0.412. The third kappa shape index (κ3) is 4.63. The van der Waals surface area contributed by atoms with Gasteiger partial charge in [0.05, 0.1) is 13.2 Å². The van der Waals surface area contributed by atoms with Crippen LogP contribution in [0.15, 0.2) is 36.7 Å². The Hall–Kier alpha value is -2.74. The quantitative estimate of drug-likeness (QED) is 0.829. The van der Waals surface area contributed by atoms with Gasteiger partial charge in [-0.25, -0.2) is 4.98 Å². The van der Waals surface area contributed by atoms with Crippen LogP contribution in [0.5, 0.6) is 0 Å². The third-order valence-corrected chi connectivity index (χ3v) is 4.10. The van der Waals surface area contributed by atoms with Gasteiger partial charge in [0.15, 0.2) is 0 Å². The molecule has 1 aliphatic heterocycles. The Bertz CT molecular complexity index is 732. The minimum atomic E-state index is -0.546. The molecule has 0 radical (unpaired) electrons. The summed E-state index contributed by atoms with van der Waals surface area (Å²) in [4.78, 5) is 29.8. The summed E-state index contributed by atoms with van der Waals surface area (Å²) in [6, 6.07) is 7.00. The van der Waals surface area contributed by atoms with Crippen molar-refractivity contribution in [3.63, 3.8) is 0 Å². The molecule has 1 atom stereocenters. The summed E-state index contributed by atoms with van der Waals surface area (Å²) in [6.07, 6.45) is 4.04.